The number of nitrogens with zero attached hydrogens (tertiary/aromatic N) is 3. The van der Waals surface area contributed by atoms with Crippen molar-refractivity contribution in [2.75, 3.05) is 46.3 Å². The van der Waals surface area contributed by atoms with Crippen molar-refractivity contribution in [1.29, 1.82) is 5.26 Å². The molecule has 1 aliphatic carbocycles. The minimum absolute atomic E-state index is 0.251. The zero-order valence-electron chi connectivity index (χ0n) is 14.1. The first-order valence-electron chi connectivity index (χ1n) is 8.64. The van der Waals surface area contributed by atoms with Gasteiger partial charge in [-0.25, -0.2) is 0 Å². The highest BCUT2D eigenvalue weighted by atomic mass is 15.3. The third-order valence-corrected chi connectivity index (χ3v) is 5.35. The normalized spacial score (nSPS) is 31.7. The standard InChI is InChI=1S/C17H32N4/c1-15(2)13-21-11-9-20(10-12-21)8-6-16-5-4-7-17(16,14-18)19-3/h15-16,19H,4-13H2,1-3H3. The van der Waals surface area contributed by atoms with Gasteiger partial charge in [-0.15, -0.1) is 0 Å². The average Bonchev–Trinajstić information content (AvgIpc) is 2.89. The molecule has 2 unspecified atom stereocenters. The van der Waals surface area contributed by atoms with Gasteiger partial charge in [-0.1, -0.05) is 20.3 Å². The van der Waals surface area contributed by atoms with Crippen molar-refractivity contribution < 1.29 is 0 Å². The molecule has 0 amide bonds. The third-order valence-electron chi connectivity index (χ3n) is 5.35. The summed E-state index contributed by atoms with van der Waals surface area (Å²) in [6, 6.07) is 2.56. The molecule has 0 aromatic carbocycles. The van der Waals surface area contributed by atoms with E-state index >= 15 is 0 Å². The molecule has 0 aromatic heterocycles. The highest BCUT2D eigenvalue weighted by Gasteiger charge is 2.41. The summed E-state index contributed by atoms with van der Waals surface area (Å²) in [5, 5.41) is 12.8. The monoisotopic (exact) mass is 292 g/mol. The van der Waals surface area contributed by atoms with Gasteiger partial charge in [-0.05, 0) is 44.7 Å². The largest absolute Gasteiger partial charge is 0.302 e. The molecule has 1 saturated carbocycles. The van der Waals surface area contributed by atoms with Crippen LogP contribution in [0.25, 0.3) is 0 Å². The highest BCUT2D eigenvalue weighted by Crippen LogP contribution is 2.37. The molecule has 1 saturated heterocycles. The van der Waals surface area contributed by atoms with Crippen LogP contribution in [0, 0.1) is 23.2 Å². The lowest BCUT2D eigenvalue weighted by Gasteiger charge is -2.37. The predicted octanol–water partition coefficient (Wildman–Crippen LogP) is 1.93. The number of piperazine rings is 1. The van der Waals surface area contributed by atoms with Crippen LogP contribution in [0.1, 0.15) is 39.5 Å². The molecule has 4 nitrogen and oxygen atoms in total. The summed E-state index contributed by atoms with van der Waals surface area (Å²) < 4.78 is 0. The van der Waals surface area contributed by atoms with Gasteiger partial charge in [0.2, 0.25) is 0 Å². The lowest BCUT2D eigenvalue weighted by molar-refractivity contribution is 0.114. The fraction of sp³-hybridized carbons (Fsp3) is 0.941. The molecule has 0 aromatic rings. The second-order valence-electron chi connectivity index (χ2n) is 7.25. The van der Waals surface area contributed by atoms with E-state index < -0.39 is 0 Å². The Bertz CT molecular complexity index is 354. The summed E-state index contributed by atoms with van der Waals surface area (Å²) in [5.41, 5.74) is -0.251. The summed E-state index contributed by atoms with van der Waals surface area (Å²) in [5.74, 6) is 1.29. The van der Waals surface area contributed by atoms with Crippen molar-refractivity contribution in [2.45, 2.75) is 45.1 Å². The van der Waals surface area contributed by atoms with Gasteiger partial charge in [0.15, 0.2) is 0 Å². The summed E-state index contributed by atoms with van der Waals surface area (Å²) in [6.45, 7) is 11.8. The average molecular weight is 292 g/mol. The molecule has 0 radical (unpaired) electrons. The third kappa shape index (κ3) is 4.18. The molecule has 2 fully saturated rings. The first kappa shape index (κ1) is 16.7. The van der Waals surface area contributed by atoms with Crippen LogP contribution in [0.2, 0.25) is 0 Å². The van der Waals surface area contributed by atoms with Crippen molar-refractivity contribution in [3.05, 3.63) is 0 Å². The van der Waals surface area contributed by atoms with Gasteiger partial charge in [-0.3, -0.25) is 0 Å². The fourth-order valence-corrected chi connectivity index (χ4v) is 4.05. The molecule has 120 valence electrons. The SMILES string of the molecule is CNC1(C#N)CCCC1CCN1CCN(CC(C)C)CC1. The Hall–Kier alpha value is -0.630. The van der Waals surface area contributed by atoms with Gasteiger partial charge < -0.3 is 15.1 Å². The maximum Gasteiger partial charge on any atom is 0.109 e. The molecule has 1 aliphatic heterocycles. The van der Waals surface area contributed by atoms with Crippen LogP contribution >= 0.6 is 0 Å². The molecule has 1 heterocycles. The van der Waals surface area contributed by atoms with Gasteiger partial charge in [-0.2, -0.15) is 5.26 Å². The maximum absolute atomic E-state index is 9.51. The second-order valence-corrected chi connectivity index (χ2v) is 7.25. The van der Waals surface area contributed by atoms with Crippen LogP contribution in [-0.4, -0.2) is 61.7 Å². The molecule has 0 bridgehead atoms. The molecular weight excluding hydrogens is 260 g/mol. The molecule has 4 heteroatoms. The lowest BCUT2D eigenvalue weighted by Crippen LogP contribution is -2.49. The number of nitrogens with one attached hydrogen (secondary N) is 1. The van der Waals surface area contributed by atoms with Crippen LogP contribution in [0.4, 0.5) is 0 Å². The Morgan fingerprint density at radius 1 is 1.24 bits per heavy atom. The van der Waals surface area contributed by atoms with E-state index in [0.29, 0.717) is 5.92 Å². The topological polar surface area (TPSA) is 42.3 Å². The quantitative estimate of drug-likeness (QED) is 0.812. The van der Waals surface area contributed by atoms with Crippen LogP contribution in [0.3, 0.4) is 0 Å². The van der Waals surface area contributed by atoms with Gasteiger partial charge in [0.25, 0.3) is 0 Å². The van der Waals surface area contributed by atoms with Crippen molar-refractivity contribution in [1.82, 2.24) is 15.1 Å². The number of hydrogen-bond acceptors (Lipinski definition) is 4. The number of rotatable bonds is 6. The van der Waals surface area contributed by atoms with E-state index in [0.717, 1.165) is 18.9 Å². The molecule has 21 heavy (non-hydrogen) atoms. The minimum Gasteiger partial charge on any atom is -0.302 e. The van der Waals surface area contributed by atoms with Crippen LogP contribution in [0.5, 0.6) is 0 Å². The molecule has 2 atom stereocenters. The van der Waals surface area contributed by atoms with Crippen LogP contribution in [-0.2, 0) is 0 Å². The van der Waals surface area contributed by atoms with Gasteiger partial charge >= 0.3 is 0 Å². The van der Waals surface area contributed by atoms with E-state index in [1.807, 2.05) is 7.05 Å². The Kier molecular flexibility index (Phi) is 6.04. The van der Waals surface area contributed by atoms with E-state index in [1.165, 1.54) is 52.0 Å². The molecular formula is C17H32N4. The maximum atomic E-state index is 9.51. The summed E-state index contributed by atoms with van der Waals surface area (Å²) in [7, 11) is 1.95. The smallest absolute Gasteiger partial charge is 0.109 e. The first-order valence-corrected chi connectivity index (χ1v) is 8.64. The zero-order chi connectivity index (χ0) is 15.3. The Balaban J connectivity index is 1.74. The fourth-order valence-electron chi connectivity index (χ4n) is 4.05. The number of hydrogen-bond donors (Lipinski definition) is 1. The Morgan fingerprint density at radius 2 is 1.90 bits per heavy atom. The highest BCUT2D eigenvalue weighted by molar-refractivity contribution is 5.13. The van der Waals surface area contributed by atoms with E-state index in [1.54, 1.807) is 0 Å². The summed E-state index contributed by atoms with van der Waals surface area (Å²) in [4.78, 5) is 5.18. The molecule has 2 rings (SSSR count). The van der Waals surface area contributed by atoms with Crippen molar-refractivity contribution in [3.8, 4) is 6.07 Å². The molecule has 0 spiro atoms. The van der Waals surface area contributed by atoms with Crippen LogP contribution < -0.4 is 5.32 Å². The molecule has 2 aliphatic rings. The van der Waals surface area contributed by atoms with Gasteiger partial charge in [0.05, 0.1) is 6.07 Å². The van der Waals surface area contributed by atoms with E-state index in [9.17, 15) is 5.26 Å². The first-order chi connectivity index (χ1) is 10.1. The van der Waals surface area contributed by atoms with Crippen LogP contribution in [0.15, 0.2) is 0 Å². The minimum atomic E-state index is -0.251. The predicted molar refractivity (Wildman–Crippen MR) is 87.1 cm³/mol. The summed E-state index contributed by atoms with van der Waals surface area (Å²) >= 11 is 0. The zero-order valence-corrected chi connectivity index (χ0v) is 14.1. The second kappa shape index (κ2) is 7.58. The van der Waals surface area contributed by atoms with E-state index in [4.69, 9.17) is 0 Å². The van der Waals surface area contributed by atoms with Crippen molar-refractivity contribution in [2.24, 2.45) is 11.8 Å². The Morgan fingerprint density at radius 3 is 2.48 bits per heavy atom. The van der Waals surface area contributed by atoms with Crippen molar-refractivity contribution in [3.63, 3.8) is 0 Å². The van der Waals surface area contributed by atoms with E-state index in [2.05, 4.69) is 35.0 Å². The van der Waals surface area contributed by atoms with Gasteiger partial charge in [0, 0.05) is 32.7 Å². The Labute approximate surface area is 130 Å². The van der Waals surface area contributed by atoms with Crippen molar-refractivity contribution >= 4 is 0 Å². The van der Waals surface area contributed by atoms with Gasteiger partial charge in [0.1, 0.15) is 5.54 Å². The number of nitriles is 1. The summed E-state index contributed by atoms with van der Waals surface area (Å²) in [6.07, 6.45) is 4.59. The molecule has 1 N–H and O–H groups in total. The lowest BCUT2D eigenvalue weighted by atomic mass is 9.86. The van der Waals surface area contributed by atoms with E-state index in [-0.39, 0.29) is 5.54 Å².